The lowest BCUT2D eigenvalue weighted by Crippen LogP contribution is -2.13. The number of benzene rings is 3. The number of oxazole rings is 1. The van der Waals surface area contributed by atoms with E-state index in [9.17, 15) is 4.79 Å². The number of anilines is 1. The maximum Gasteiger partial charge on any atom is 0.259 e. The van der Waals surface area contributed by atoms with Crippen molar-refractivity contribution in [3.63, 3.8) is 0 Å². The van der Waals surface area contributed by atoms with Crippen LogP contribution in [0, 0.1) is 0 Å². The van der Waals surface area contributed by atoms with Crippen molar-refractivity contribution in [1.29, 1.82) is 0 Å². The van der Waals surface area contributed by atoms with Gasteiger partial charge in [-0.25, -0.2) is 4.98 Å². The van der Waals surface area contributed by atoms with Crippen LogP contribution in [-0.2, 0) is 0 Å². The number of hydrogen-bond donors (Lipinski definition) is 1. The molecule has 0 saturated heterocycles. The van der Waals surface area contributed by atoms with Gasteiger partial charge in [0.25, 0.3) is 5.91 Å². The molecular formula is C22H17ClN2O4. The quantitative estimate of drug-likeness (QED) is 0.477. The lowest BCUT2D eigenvalue weighted by Gasteiger charge is -2.10. The summed E-state index contributed by atoms with van der Waals surface area (Å²) in [5, 5.41) is 3.29. The molecule has 1 heterocycles. The number of nitrogens with zero attached hydrogens (tertiary/aromatic N) is 1. The van der Waals surface area contributed by atoms with Crippen LogP contribution in [0.1, 0.15) is 10.4 Å². The third-order valence-electron chi connectivity index (χ3n) is 4.39. The molecule has 146 valence electrons. The molecular weight excluding hydrogens is 392 g/mol. The molecule has 0 unspecified atom stereocenters. The molecule has 3 aromatic carbocycles. The van der Waals surface area contributed by atoms with E-state index in [1.165, 1.54) is 7.11 Å². The second-order valence-corrected chi connectivity index (χ2v) is 6.67. The van der Waals surface area contributed by atoms with Gasteiger partial charge >= 0.3 is 0 Å². The fourth-order valence-electron chi connectivity index (χ4n) is 2.91. The molecule has 0 aliphatic rings. The molecule has 0 atom stereocenters. The summed E-state index contributed by atoms with van der Waals surface area (Å²) in [6.45, 7) is 0. The van der Waals surface area contributed by atoms with E-state index in [4.69, 9.17) is 25.5 Å². The molecule has 0 radical (unpaired) electrons. The molecule has 0 saturated carbocycles. The third-order valence-corrected chi connectivity index (χ3v) is 4.63. The summed E-state index contributed by atoms with van der Waals surface area (Å²) in [6.07, 6.45) is 0. The van der Waals surface area contributed by atoms with Crippen LogP contribution in [0.3, 0.4) is 0 Å². The van der Waals surface area contributed by atoms with E-state index in [1.807, 2.05) is 30.3 Å². The lowest BCUT2D eigenvalue weighted by molar-refractivity contribution is 0.102. The van der Waals surface area contributed by atoms with Gasteiger partial charge in [-0.2, -0.15) is 0 Å². The fraction of sp³-hybridized carbons (Fsp3) is 0.0909. The minimum absolute atomic E-state index is 0.314. The van der Waals surface area contributed by atoms with Crippen molar-refractivity contribution in [1.82, 2.24) is 4.98 Å². The summed E-state index contributed by atoms with van der Waals surface area (Å²) < 4.78 is 16.2. The number of aromatic nitrogens is 1. The molecule has 0 aliphatic carbocycles. The topological polar surface area (TPSA) is 73.6 Å². The SMILES string of the molecule is COc1ccc2oc(-c3ccc(NC(=O)c4cc(Cl)ccc4OC)cc3)nc2c1. The zero-order valence-corrected chi connectivity index (χ0v) is 16.5. The monoisotopic (exact) mass is 408 g/mol. The van der Waals surface area contributed by atoms with Gasteiger partial charge in [-0.05, 0) is 54.6 Å². The van der Waals surface area contributed by atoms with E-state index in [0.29, 0.717) is 44.8 Å². The first-order chi connectivity index (χ1) is 14.1. The number of carbonyl (C=O) groups excluding carboxylic acids is 1. The van der Waals surface area contributed by atoms with Crippen molar-refractivity contribution in [3.8, 4) is 23.0 Å². The highest BCUT2D eigenvalue weighted by Gasteiger charge is 2.14. The van der Waals surface area contributed by atoms with E-state index in [-0.39, 0.29) is 5.91 Å². The predicted octanol–water partition coefficient (Wildman–Crippen LogP) is 5.42. The highest BCUT2D eigenvalue weighted by Crippen LogP contribution is 2.28. The van der Waals surface area contributed by atoms with Crippen LogP contribution in [0.2, 0.25) is 5.02 Å². The van der Waals surface area contributed by atoms with Gasteiger partial charge in [0.05, 0.1) is 19.8 Å². The van der Waals surface area contributed by atoms with Crippen LogP contribution in [0.15, 0.2) is 65.1 Å². The second-order valence-electron chi connectivity index (χ2n) is 6.23. The molecule has 4 rings (SSSR count). The Balaban J connectivity index is 1.55. The van der Waals surface area contributed by atoms with Gasteiger partial charge in [0.1, 0.15) is 17.0 Å². The van der Waals surface area contributed by atoms with Crippen molar-refractivity contribution in [3.05, 3.63) is 71.2 Å². The van der Waals surface area contributed by atoms with Gasteiger partial charge < -0.3 is 19.2 Å². The molecule has 1 N–H and O–H groups in total. The maximum atomic E-state index is 12.6. The standard InChI is InChI=1S/C22H17ClN2O4/c1-27-16-8-10-20-18(12-16)25-22(29-20)13-3-6-15(7-4-13)24-21(26)17-11-14(23)5-9-19(17)28-2/h3-12H,1-2H3,(H,24,26). The summed E-state index contributed by atoms with van der Waals surface area (Å²) in [5.41, 5.74) is 3.16. The normalized spacial score (nSPS) is 10.7. The van der Waals surface area contributed by atoms with Gasteiger partial charge in [-0.1, -0.05) is 11.6 Å². The van der Waals surface area contributed by atoms with E-state index in [2.05, 4.69) is 10.3 Å². The van der Waals surface area contributed by atoms with Crippen LogP contribution < -0.4 is 14.8 Å². The third kappa shape index (κ3) is 3.88. The van der Waals surface area contributed by atoms with E-state index < -0.39 is 0 Å². The number of rotatable bonds is 5. The fourth-order valence-corrected chi connectivity index (χ4v) is 3.08. The van der Waals surface area contributed by atoms with Crippen molar-refractivity contribution in [2.75, 3.05) is 19.5 Å². The number of nitrogens with one attached hydrogen (secondary N) is 1. The summed E-state index contributed by atoms with van der Waals surface area (Å²) >= 11 is 6.00. The number of halogens is 1. The Bertz CT molecular complexity index is 1190. The van der Waals surface area contributed by atoms with Crippen LogP contribution >= 0.6 is 11.6 Å². The average Bonchev–Trinajstić information content (AvgIpc) is 3.17. The molecule has 7 heteroatoms. The minimum atomic E-state index is -0.314. The molecule has 1 amide bonds. The molecule has 0 fully saturated rings. The van der Waals surface area contributed by atoms with Gasteiger partial charge in [0.15, 0.2) is 5.58 Å². The smallest absolute Gasteiger partial charge is 0.259 e. The average molecular weight is 409 g/mol. The molecule has 0 aliphatic heterocycles. The largest absolute Gasteiger partial charge is 0.497 e. The van der Waals surface area contributed by atoms with Crippen molar-refractivity contribution in [2.24, 2.45) is 0 Å². The molecule has 1 aromatic heterocycles. The number of amides is 1. The Morgan fingerprint density at radius 1 is 1.00 bits per heavy atom. The van der Waals surface area contributed by atoms with Crippen LogP contribution in [-0.4, -0.2) is 25.1 Å². The van der Waals surface area contributed by atoms with E-state index in [1.54, 1.807) is 37.4 Å². The first-order valence-electron chi connectivity index (χ1n) is 8.77. The Kier molecular flexibility index (Phi) is 5.10. The Morgan fingerprint density at radius 2 is 1.79 bits per heavy atom. The lowest BCUT2D eigenvalue weighted by atomic mass is 10.1. The number of fused-ring (bicyclic) bond motifs is 1. The molecule has 4 aromatic rings. The van der Waals surface area contributed by atoms with Crippen molar-refractivity contribution < 1.29 is 18.7 Å². The summed E-state index contributed by atoms with van der Waals surface area (Å²) in [7, 11) is 3.11. The van der Waals surface area contributed by atoms with Crippen molar-refractivity contribution >= 4 is 34.3 Å². The summed E-state index contributed by atoms with van der Waals surface area (Å²) in [4.78, 5) is 17.1. The van der Waals surface area contributed by atoms with Crippen LogP contribution in [0.25, 0.3) is 22.6 Å². The van der Waals surface area contributed by atoms with Gasteiger partial charge in [-0.3, -0.25) is 4.79 Å². The number of ether oxygens (including phenoxy) is 2. The minimum Gasteiger partial charge on any atom is -0.497 e. The first kappa shape index (κ1) is 18.8. The van der Waals surface area contributed by atoms with Crippen LogP contribution in [0.5, 0.6) is 11.5 Å². The Morgan fingerprint density at radius 3 is 2.52 bits per heavy atom. The predicted molar refractivity (Wildman–Crippen MR) is 112 cm³/mol. The highest BCUT2D eigenvalue weighted by molar-refractivity contribution is 6.31. The highest BCUT2D eigenvalue weighted by atomic mass is 35.5. The number of carbonyl (C=O) groups is 1. The molecule has 6 nitrogen and oxygen atoms in total. The number of methoxy groups -OCH3 is 2. The molecule has 29 heavy (non-hydrogen) atoms. The van der Waals surface area contributed by atoms with Gasteiger partial charge in [0, 0.05) is 22.3 Å². The molecule has 0 spiro atoms. The zero-order valence-electron chi connectivity index (χ0n) is 15.7. The second kappa shape index (κ2) is 7.85. The summed E-state index contributed by atoms with van der Waals surface area (Å²) in [6, 6.07) is 17.5. The maximum absolute atomic E-state index is 12.6. The Hall–Kier alpha value is -3.51. The Labute approximate surface area is 172 Å². The zero-order chi connectivity index (χ0) is 20.4. The van der Waals surface area contributed by atoms with Crippen molar-refractivity contribution in [2.45, 2.75) is 0 Å². The van der Waals surface area contributed by atoms with E-state index in [0.717, 1.165) is 5.56 Å². The summed E-state index contributed by atoms with van der Waals surface area (Å²) in [5.74, 6) is 1.34. The molecule has 0 bridgehead atoms. The van der Waals surface area contributed by atoms with E-state index >= 15 is 0 Å². The first-order valence-corrected chi connectivity index (χ1v) is 9.15. The number of hydrogen-bond acceptors (Lipinski definition) is 5. The van der Waals surface area contributed by atoms with Gasteiger partial charge in [-0.15, -0.1) is 0 Å². The van der Waals surface area contributed by atoms with Gasteiger partial charge in [0.2, 0.25) is 5.89 Å². The van der Waals surface area contributed by atoms with Crippen LogP contribution in [0.4, 0.5) is 5.69 Å².